The van der Waals surface area contributed by atoms with Gasteiger partial charge in [0.15, 0.2) is 0 Å². The molecule has 0 aromatic rings. The Balaban J connectivity index is 1.82. The van der Waals surface area contributed by atoms with Gasteiger partial charge < -0.3 is 10.1 Å². The molecule has 0 spiro atoms. The van der Waals surface area contributed by atoms with Crippen LogP contribution in [0.25, 0.3) is 0 Å². The lowest BCUT2D eigenvalue weighted by Gasteiger charge is -1.96. The van der Waals surface area contributed by atoms with E-state index >= 15 is 0 Å². The van der Waals surface area contributed by atoms with Gasteiger partial charge in [-0.3, -0.25) is 5.32 Å². The first-order valence-corrected chi connectivity index (χ1v) is 4.36. The van der Waals surface area contributed by atoms with Gasteiger partial charge in [-0.15, -0.1) is 0 Å². The molecule has 3 heteroatoms. The fraction of sp³-hybridized carbons (Fsp3) is 1.00. The van der Waals surface area contributed by atoms with E-state index in [4.69, 9.17) is 4.74 Å². The van der Waals surface area contributed by atoms with E-state index in [1.807, 2.05) is 14.1 Å². The van der Waals surface area contributed by atoms with Crippen LogP contribution in [0.15, 0.2) is 0 Å². The van der Waals surface area contributed by atoms with Crippen molar-refractivity contribution in [1.29, 1.82) is 0 Å². The van der Waals surface area contributed by atoms with Crippen LogP contribution in [0.4, 0.5) is 0 Å². The molecule has 1 saturated heterocycles. The molecule has 1 rings (SSSR count). The van der Waals surface area contributed by atoms with E-state index in [0.29, 0.717) is 12.3 Å². The Morgan fingerprint density at radius 2 is 2.09 bits per heavy atom. The van der Waals surface area contributed by atoms with Crippen molar-refractivity contribution in [2.45, 2.75) is 31.6 Å². The molecule has 0 bridgehead atoms. The monoisotopic (exact) mass is 158 g/mol. The molecule has 11 heavy (non-hydrogen) atoms. The third-order valence-electron chi connectivity index (χ3n) is 2.03. The van der Waals surface area contributed by atoms with Gasteiger partial charge >= 0.3 is 0 Å². The van der Waals surface area contributed by atoms with Crippen LogP contribution in [-0.4, -0.2) is 33.0 Å². The maximum atomic E-state index is 5.31. The van der Waals surface area contributed by atoms with Crippen LogP contribution in [-0.2, 0) is 4.74 Å². The zero-order valence-electron chi connectivity index (χ0n) is 7.39. The van der Waals surface area contributed by atoms with Gasteiger partial charge in [0, 0.05) is 0 Å². The lowest BCUT2D eigenvalue weighted by molar-refractivity contribution is 0.345. The van der Waals surface area contributed by atoms with Crippen molar-refractivity contribution in [1.82, 2.24) is 10.6 Å². The van der Waals surface area contributed by atoms with Crippen molar-refractivity contribution in [2.75, 3.05) is 20.6 Å². The molecule has 0 amide bonds. The maximum Gasteiger partial charge on any atom is 0.135 e. The van der Waals surface area contributed by atoms with E-state index in [2.05, 4.69) is 10.6 Å². The molecule has 1 aliphatic heterocycles. The molecule has 0 aromatic carbocycles. The molecule has 1 aliphatic rings. The normalized spacial score (nSPS) is 28.9. The number of hydrogen-bond acceptors (Lipinski definition) is 3. The van der Waals surface area contributed by atoms with Gasteiger partial charge in [-0.2, -0.15) is 0 Å². The summed E-state index contributed by atoms with van der Waals surface area (Å²) in [5.41, 5.74) is 0. The predicted molar refractivity (Wildman–Crippen MR) is 45.5 cm³/mol. The Hall–Kier alpha value is -0.120. The fourth-order valence-electron chi connectivity index (χ4n) is 1.26. The van der Waals surface area contributed by atoms with Gasteiger partial charge in [-0.1, -0.05) is 0 Å². The first-order valence-electron chi connectivity index (χ1n) is 4.36. The fourth-order valence-corrected chi connectivity index (χ4v) is 1.26. The van der Waals surface area contributed by atoms with Crippen molar-refractivity contribution in [3.05, 3.63) is 0 Å². The molecule has 0 aliphatic carbocycles. The molecule has 1 heterocycles. The minimum atomic E-state index is 0.351. The number of hydrogen-bond donors (Lipinski definition) is 2. The highest BCUT2D eigenvalue weighted by atomic mass is 16.6. The van der Waals surface area contributed by atoms with Crippen LogP contribution in [0.1, 0.15) is 19.3 Å². The third kappa shape index (κ3) is 3.18. The summed E-state index contributed by atoms with van der Waals surface area (Å²) in [5.74, 6) is 0. The molecule has 1 fully saturated rings. The van der Waals surface area contributed by atoms with Crippen molar-refractivity contribution in [3.63, 3.8) is 0 Å². The Kier molecular flexibility index (Phi) is 3.83. The Morgan fingerprint density at radius 3 is 2.64 bits per heavy atom. The van der Waals surface area contributed by atoms with E-state index < -0.39 is 0 Å². The molecular formula is C8H18N2O. The standard InChI is InChI=1S/C8H18N2O/c1-9-6-4-3-5-7-8(10-2)11-7/h7-10H,3-6H2,1-2H3/t7-,8-/m0/s1. The quantitative estimate of drug-likeness (QED) is 0.432. The number of ether oxygens (including phenoxy) is 1. The largest absolute Gasteiger partial charge is 0.353 e. The summed E-state index contributed by atoms with van der Waals surface area (Å²) in [7, 11) is 3.93. The second kappa shape index (κ2) is 4.70. The first-order chi connectivity index (χ1) is 5.38. The van der Waals surface area contributed by atoms with Gasteiger partial charge in [0.25, 0.3) is 0 Å². The lowest BCUT2D eigenvalue weighted by Crippen LogP contribution is -2.13. The van der Waals surface area contributed by atoms with Crippen LogP contribution < -0.4 is 10.6 Å². The second-order valence-electron chi connectivity index (χ2n) is 2.98. The summed E-state index contributed by atoms with van der Waals surface area (Å²) in [6.07, 6.45) is 4.57. The van der Waals surface area contributed by atoms with Gasteiger partial charge in [0.05, 0.1) is 6.10 Å². The number of nitrogens with one attached hydrogen (secondary N) is 2. The Bertz CT molecular complexity index is 108. The van der Waals surface area contributed by atoms with Gasteiger partial charge in [-0.25, -0.2) is 0 Å². The highest BCUT2D eigenvalue weighted by Crippen LogP contribution is 2.23. The lowest BCUT2D eigenvalue weighted by atomic mass is 10.2. The van der Waals surface area contributed by atoms with E-state index in [1.54, 1.807) is 0 Å². The van der Waals surface area contributed by atoms with E-state index in [0.717, 1.165) is 6.54 Å². The zero-order chi connectivity index (χ0) is 8.10. The molecule has 0 unspecified atom stereocenters. The van der Waals surface area contributed by atoms with E-state index in [-0.39, 0.29) is 0 Å². The Labute approximate surface area is 68.5 Å². The van der Waals surface area contributed by atoms with Crippen molar-refractivity contribution in [2.24, 2.45) is 0 Å². The summed E-state index contributed by atoms with van der Waals surface area (Å²) >= 11 is 0. The third-order valence-corrected chi connectivity index (χ3v) is 2.03. The van der Waals surface area contributed by atoms with Crippen LogP contribution in [0, 0.1) is 0 Å². The number of epoxide rings is 1. The maximum absolute atomic E-state index is 5.31. The number of unbranched alkanes of at least 4 members (excludes halogenated alkanes) is 1. The van der Waals surface area contributed by atoms with Gasteiger partial charge in [-0.05, 0) is 39.9 Å². The molecule has 0 saturated carbocycles. The number of rotatable bonds is 6. The first kappa shape index (κ1) is 8.97. The molecule has 66 valence electrons. The summed E-state index contributed by atoms with van der Waals surface area (Å²) in [6, 6.07) is 0. The minimum absolute atomic E-state index is 0.351. The van der Waals surface area contributed by atoms with Crippen LogP contribution in [0.3, 0.4) is 0 Å². The van der Waals surface area contributed by atoms with Crippen molar-refractivity contribution < 1.29 is 4.74 Å². The topological polar surface area (TPSA) is 36.6 Å². The highest BCUT2D eigenvalue weighted by Gasteiger charge is 2.36. The summed E-state index contributed by atoms with van der Waals surface area (Å²) in [4.78, 5) is 0. The summed E-state index contributed by atoms with van der Waals surface area (Å²) < 4.78 is 5.31. The molecule has 2 atom stereocenters. The van der Waals surface area contributed by atoms with Gasteiger partial charge in [0.1, 0.15) is 6.23 Å². The zero-order valence-corrected chi connectivity index (χ0v) is 7.39. The molecular weight excluding hydrogens is 140 g/mol. The molecule has 0 aromatic heterocycles. The van der Waals surface area contributed by atoms with E-state index in [1.165, 1.54) is 19.3 Å². The summed E-state index contributed by atoms with van der Waals surface area (Å²) in [5, 5.41) is 6.22. The Morgan fingerprint density at radius 1 is 1.27 bits per heavy atom. The SMILES string of the molecule is CNCCCC[C@@H]1O[C@@H]1NC. The molecule has 3 nitrogen and oxygen atoms in total. The second-order valence-corrected chi connectivity index (χ2v) is 2.98. The van der Waals surface area contributed by atoms with E-state index in [9.17, 15) is 0 Å². The van der Waals surface area contributed by atoms with Crippen LogP contribution in [0.2, 0.25) is 0 Å². The van der Waals surface area contributed by atoms with Crippen LogP contribution in [0.5, 0.6) is 0 Å². The van der Waals surface area contributed by atoms with Crippen LogP contribution >= 0.6 is 0 Å². The minimum Gasteiger partial charge on any atom is -0.353 e. The average Bonchev–Trinajstić information content (AvgIpc) is 2.77. The molecule has 0 radical (unpaired) electrons. The van der Waals surface area contributed by atoms with Gasteiger partial charge in [0.2, 0.25) is 0 Å². The average molecular weight is 158 g/mol. The smallest absolute Gasteiger partial charge is 0.135 e. The predicted octanol–water partition coefficient (Wildman–Crippen LogP) is 0.320. The summed E-state index contributed by atoms with van der Waals surface area (Å²) in [6.45, 7) is 1.12. The van der Waals surface area contributed by atoms with Crippen molar-refractivity contribution >= 4 is 0 Å². The van der Waals surface area contributed by atoms with Crippen molar-refractivity contribution in [3.8, 4) is 0 Å². The number of likely N-dealkylation sites (N-methyl/N-ethyl adjacent to an activating group) is 1. The highest BCUT2D eigenvalue weighted by molar-refractivity contribution is 4.80. The molecule has 2 N–H and O–H groups in total.